The third-order valence-electron chi connectivity index (χ3n) is 6.64. The van der Waals surface area contributed by atoms with Gasteiger partial charge in [0.1, 0.15) is 0 Å². The van der Waals surface area contributed by atoms with E-state index >= 15 is 0 Å². The molecule has 2 nitrogen and oxygen atoms in total. The molecule has 2 N–H and O–H groups in total. The van der Waals surface area contributed by atoms with Gasteiger partial charge in [0.05, 0.1) is 0 Å². The fourth-order valence-electron chi connectivity index (χ4n) is 5.27. The lowest BCUT2D eigenvalue weighted by Gasteiger charge is -2.50. The van der Waals surface area contributed by atoms with Crippen LogP contribution in [0, 0.1) is 11.8 Å². The summed E-state index contributed by atoms with van der Waals surface area (Å²) in [7, 11) is 0. The van der Waals surface area contributed by atoms with Crippen LogP contribution in [0.25, 0.3) is 0 Å². The van der Waals surface area contributed by atoms with E-state index in [1.165, 1.54) is 83.7 Å². The molecule has 3 rings (SSSR count). The van der Waals surface area contributed by atoms with Crippen molar-refractivity contribution in [1.82, 2.24) is 4.90 Å². The monoisotopic (exact) mass is 278 g/mol. The number of hydrogen-bond acceptors (Lipinski definition) is 2. The highest BCUT2D eigenvalue weighted by atomic mass is 15.2. The molecule has 1 heterocycles. The quantitative estimate of drug-likeness (QED) is 0.847. The van der Waals surface area contributed by atoms with Gasteiger partial charge in [-0.3, -0.25) is 4.90 Å². The minimum absolute atomic E-state index is 0.381. The van der Waals surface area contributed by atoms with Crippen molar-refractivity contribution in [3.8, 4) is 0 Å². The van der Waals surface area contributed by atoms with Gasteiger partial charge in [0, 0.05) is 11.6 Å². The van der Waals surface area contributed by atoms with E-state index in [1.807, 2.05) is 0 Å². The maximum atomic E-state index is 6.92. The second-order valence-corrected chi connectivity index (χ2v) is 7.90. The molecule has 0 aromatic rings. The average molecular weight is 278 g/mol. The lowest BCUT2D eigenvalue weighted by molar-refractivity contribution is 0.0217. The van der Waals surface area contributed by atoms with E-state index in [0.717, 1.165) is 11.8 Å². The summed E-state index contributed by atoms with van der Waals surface area (Å²) in [4.78, 5) is 2.83. The van der Waals surface area contributed by atoms with Crippen LogP contribution < -0.4 is 5.73 Å². The zero-order chi connectivity index (χ0) is 14.0. The first-order valence-corrected chi connectivity index (χ1v) is 9.23. The third kappa shape index (κ3) is 2.78. The minimum atomic E-state index is 0.381. The molecule has 1 atom stereocenters. The number of rotatable bonds is 3. The average Bonchev–Trinajstić information content (AvgIpc) is 2.99. The Morgan fingerprint density at radius 1 is 0.900 bits per heavy atom. The Morgan fingerprint density at radius 3 is 2.10 bits per heavy atom. The summed E-state index contributed by atoms with van der Waals surface area (Å²) in [6.45, 7) is 5.05. The molecular formula is C18H34N2. The lowest BCUT2D eigenvalue weighted by Crippen LogP contribution is -2.62. The highest BCUT2D eigenvalue weighted by Gasteiger charge is 2.47. The van der Waals surface area contributed by atoms with Gasteiger partial charge >= 0.3 is 0 Å². The van der Waals surface area contributed by atoms with Crippen LogP contribution in [0.15, 0.2) is 0 Å². The van der Waals surface area contributed by atoms with Gasteiger partial charge in [-0.1, -0.05) is 39.0 Å². The molecule has 0 spiro atoms. The van der Waals surface area contributed by atoms with E-state index in [1.54, 1.807) is 0 Å². The van der Waals surface area contributed by atoms with Gasteiger partial charge in [0.2, 0.25) is 0 Å². The van der Waals surface area contributed by atoms with Crippen molar-refractivity contribution in [3.05, 3.63) is 0 Å². The van der Waals surface area contributed by atoms with Crippen molar-refractivity contribution in [2.45, 2.75) is 89.1 Å². The van der Waals surface area contributed by atoms with Gasteiger partial charge in [0.25, 0.3) is 0 Å². The molecule has 0 amide bonds. The molecule has 116 valence electrons. The van der Waals surface area contributed by atoms with Crippen LogP contribution in [0.2, 0.25) is 0 Å². The van der Waals surface area contributed by atoms with Crippen LogP contribution in [-0.4, -0.2) is 29.6 Å². The summed E-state index contributed by atoms with van der Waals surface area (Å²) in [6, 6.07) is 0.440. The predicted molar refractivity (Wildman–Crippen MR) is 85.7 cm³/mol. The van der Waals surface area contributed by atoms with Gasteiger partial charge in [-0.25, -0.2) is 0 Å². The first kappa shape index (κ1) is 14.8. The molecule has 2 saturated carbocycles. The maximum Gasteiger partial charge on any atom is 0.0363 e. The molecule has 0 radical (unpaired) electrons. The first-order valence-electron chi connectivity index (χ1n) is 9.23. The second-order valence-electron chi connectivity index (χ2n) is 7.90. The van der Waals surface area contributed by atoms with E-state index in [2.05, 4.69) is 11.8 Å². The Morgan fingerprint density at radius 2 is 1.50 bits per heavy atom. The molecule has 0 bridgehead atoms. The standard InChI is InChI=1S/C18H34N2/c1-15-7-9-16(10-8-15)17(19)18(11-3-4-12-18)20-13-5-2-6-14-20/h15-17H,2-14,19H2,1H3. The predicted octanol–water partition coefficient (Wildman–Crippen LogP) is 3.94. The van der Waals surface area contributed by atoms with Crippen LogP contribution >= 0.6 is 0 Å². The lowest BCUT2D eigenvalue weighted by atomic mass is 9.71. The fourth-order valence-corrected chi connectivity index (χ4v) is 5.27. The minimum Gasteiger partial charge on any atom is -0.326 e. The summed E-state index contributed by atoms with van der Waals surface area (Å²) in [5, 5.41) is 0. The van der Waals surface area contributed by atoms with Crippen LogP contribution in [0.5, 0.6) is 0 Å². The third-order valence-corrected chi connectivity index (χ3v) is 6.64. The number of nitrogens with zero attached hydrogens (tertiary/aromatic N) is 1. The Bertz CT molecular complexity index is 295. The molecule has 0 aromatic carbocycles. The van der Waals surface area contributed by atoms with Gasteiger partial charge < -0.3 is 5.73 Å². The summed E-state index contributed by atoms with van der Waals surface area (Å²) in [5.74, 6) is 1.74. The molecule has 20 heavy (non-hydrogen) atoms. The topological polar surface area (TPSA) is 29.3 Å². The van der Waals surface area contributed by atoms with E-state index in [-0.39, 0.29) is 0 Å². The van der Waals surface area contributed by atoms with E-state index in [4.69, 9.17) is 5.73 Å². The van der Waals surface area contributed by atoms with Crippen molar-refractivity contribution in [1.29, 1.82) is 0 Å². The smallest absolute Gasteiger partial charge is 0.0363 e. The first-order chi connectivity index (χ1) is 9.72. The van der Waals surface area contributed by atoms with Crippen molar-refractivity contribution in [2.75, 3.05) is 13.1 Å². The summed E-state index contributed by atoms with van der Waals surface area (Å²) >= 11 is 0. The van der Waals surface area contributed by atoms with E-state index < -0.39 is 0 Å². The van der Waals surface area contributed by atoms with E-state index in [0.29, 0.717) is 11.6 Å². The zero-order valence-corrected chi connectivity index (χ0v) is 13.4. The molecule has 2 heteroatoms. The largest absolute Gasteiger partial charge is 0.326 e. The number of likely N-dealkylation sites (tertiary alicyclic amines) is 1. The number of hydrogen-bond donors (Lipinski definition) is 1. The van der Waals surface area contributed by atoms with Crippen LogP contribution in [0.3, 0.4) is 0 Å². The molecule has 1 saturated heterocycles. The summed E-state index contributed by atoms with van der Waals surface area (Å²) in [6.07, 6.45) is 15.4. The highest BCUT2D eigenvalue weighted by Crippen LogP contribution is 2.44. The number of piperidine rings is 1. The molecular weight excluding hydrogens is 244 g/mol. The SMILES string of the molecule is CC1CCC(C(N)C2(N3CCCCC3)CCCC2)CC1. The Kier molecular flexibility index (Phi) is 4.72. The Balaban J connectivity index is 1.72. The Hall–Kier alpha value is -0.0800. The summed E-state index contributed by atoms with van der Waals surface area (Å²) < 4.78 is 0. The highest BCUT2D eigenvalue weighted by molar-refractivity contribution is 5.05. The van der Waals surface area contributed by atoms with Crippen LogP contribution in [-0.2, 0) is 0 Å². The zero-order valence-electron chi connectivity index (χ0n) is 13.4. The van der Waals surface area contributed by atoms with Gasteiger partial charge in [0.15, 0.2) is 0 Å². The Labute approximate surface area is 125 Å². The number of nitrogens with two attached hydrogens (primary N) is 1. The van der Waals surface area contributed by atoms with Crippen molar-refractivity contribution in [2.24, 2.45) is 17.6 Å². The molecule has 1 aliphatic heterocycles. The van der Waals surface area contributed by atoms with Crippen LogP contribution in [0.4, 0.5) is 0 Å². The van der Waals surface area contributed by atoms with Gasteiger partial charge in [-0.2, -0.15) is 0 Å². The molecule has 3 fully saturated rings. The van der Waals surface area contributed by atoms with Crippen molar-refractivity contribution < 1.29 is 0 Å². The summed E-state index contributed by atoms with van der Waals surface area (Å²) in [5.41, 5.74) is 7.30. The molecule has 1 unspecified atom stereocenters. The second kappa shape index (κ2) is 6.36. The maximum absolute atomic E-state index is 6.92. The van der Waals surface area contributed by atoms with Gasteiger partial charge in [-0.15, -0.1) is 0 Å². The van der Waals surface area contributed by atoms with Gasteiger partial charge in [-0.05, 0) is 63.5 Å². The van der Waals surface area contributed by atoms with Crippen molar-refractivity contribution >= 4 is 0 Å². The molecule has 0 aromatic heterocycles. The fraction of sp³-hybridized carbons (Fsp3) is 1.00. The van der Waals surface area contributed by atoms with Crippen LogP contribution in [0.1, 0.15) is 77.6 Å². The molecule has 3 aliphatic rings. The normalized spacial score (nSPS) is 36.9. The molecule has 2 aliphatic carbocycles. The van der Waals surface area contributed by atoms with Crippen molar-refractivity contribution in [3.63, 3.8) is 0 Å². The van der Waals surface area contributed by atoms with E-state index in [9.17, 15) is 0 Å².